The zero-order chi connectivity index (χ0) is 34.3. The summed E-state index contributed by atoms with van der Waals surface area (Å²) in [6.45, 7) is 1.09. The molecule has 4 N–H and O–H groups in total. The van der Waals surface area contributed by atoms with Crippen LogP contribution in [-0.4, -0.2) is 74.0 Å². The van der Waals surface area contributed by atoms with Gasteiger partial charge in [-0.05, 0) is 66.4 Å². The van der Waals surface area contributed by atoms with Crippen LogP contribution in [0.4, 0.5) is 14.5 Å². The molecule has 2 heterocycles. The van der Waals surface area contributed by atoms with Gasteiger partial charge in [0.1, 0.15) is 17.7 Å². The van der Waals surface area contributed by atoms with Gasteiger partial charge in [-0.25, -0.2) is 17.2 Å². The van der Waals surface area contributed by atoms with Crippen LogP contribution >= 0.6 is 11.6 Å². The van der Waals surface area contributed by atoms with Crippen molar-refractivity contribution in [2.75, 3.05) is 32.1 Å². The molecule has 4 aromatic rings. The van der Waals surface area contributed by atoms with Crippen molar-refractivity contribution in [1.29, 1.82) is 0 Å². The Hall–Kier alpha value is -3.82. The summed E-state index contributed by atoms with van der Waals surface area (Å²) < 4.78 is 63.3. The number of halogens is 3. The number of benzene rings is 3. The molecule has 10 nitrogen and oxygen atoms in total. The van der Waals surface area contributed by atoms with Gasteiger partial charge >= 0.3 is 0 Å². The molecule has 3 aromatic carbocycles. The average Bonchev–Trinajstić information content (AvgIpc) is 3.09. The van der Waals surface area contributed by atoms with E-state index >= 15 is 4.39 Å². The van der Waals surface area contributed by atoms with Crippen LogP contribution in [0, 0.1) is 11.6 Å². The van der Waals surface area contributed by atoms with Gasteiger partial charge in [0, 0.05) is 61.2 Å². The second-order valence-electron chi connectivity index (χ2n) is 11.3. The van der Waals surface area contributed by atoms with Crippen molar-refractivity contribution in [2.24, 2.45) is 0 Å². The molecule has 5 rings (SSSR count). The van der Waals surface area contributed by atoms with Gasteiger partial charge < -0.3 is 20.5 Å². The Morgan fingerprint density at radius 2 is 1.83 bits per heavy atom. The smallest absolute Gasteiger partial charge is 0.243 e. The summed E-state index contributed by atoms with van der Waals surface area (Å²) in [6, 6.07) is 18.4. The third-order valence-electron chi connectivity index (χ3n) is 8.23. The van der Waals surface area contributed by atoms with Gasteiger partial charge in [-0.1, -0.05) is 48.0 Å². The van der Waals surface area contributed by atoms with E-state index in [0.29, 0.717) is 29.2 Å². The number of aliphatic hydroxyl groups is 1. The molecule has 0 spiro atoms. The summed E-state index contributed by atoms with van der Waals surface area (Å²) >= 11 is 6.12. The van der Waals surface area contributed by atoms with Gasteiger partial charge in [-0.2, -0.15) is 4.31 Å². The first-order valence-corrected chi connectivity index (χ1v) is 17.1. The van der Waals surface area contributed by atoms with Gasteiger partial charge in [0.15, 0.2) is 0 Å². The first-order valence-electron chi connectivity index (χ1n) is 15.3. The SMILES string of the molecule is COC(O)N[C@H](C(=O)Nc1cccc(F)c1CC[C@H]1CNCCN1S(=O)(=O)c1ccccc1)[C@@H](c1ccc(Cl)cc1)c1cncc(F)c1. The third kappa shape index (κ3) is 8.42. The summed E-state index contributed by atoms with van der Waals surface area (Å²) in [5.41, 5.74) is 1.20. The summed E-state index contributed by atoms with van der Waals surface area (Å²) in [7, 11) is -2.57. The van der Waals surface area contributed by atoms with Crippen LogP contribution in [0.3, 0.4) is 0 Å². The highest BCUT2D eigenvalue weighted by Gasteiger charge is 2.35. The van der Waals surface area contributed by atoms with Crippen molar-refractivity contribution in [3.63, 3.8) is 0 Å². The van der Waals surface area contributed by atoms with E-state index in [1.165, 1.54) is 35.8 Å². The van der Waals surface area contributed by atoms with Gasteiger partial charge in [0.05, 0.1) is 11.1 Å². The number of hydrogen-bond donors (Lipinski definition) is 4. The molecule has 1 aliphatic heterocycles. The Balaban J connectivity index is 1.44. The molecule has 0 radical (unpaired) electrons. The van der Waals surface area contributed by atoms with E-state index in [0.717, 1.165) is 6.20 Å². The van der Waals surface area contributed by atoms with Gasteiger partial charge in [0.2, 0.25) is 22.3 Å². The monoisotopic (exact) mass is 699 g/mol. The van der Waals surface area contributed by atoms with Crippen LogP contribution in [-0.2, 0) is 26.0 Å². The van der Waals surface area contributed by atoms with E-state index in [1.54, 1.807) is 60.7 Å². The maximum Gasteiger partial charge on any atom is 0.243 e. The number of pyridine rings is 1. The maximum absolute atomic E-state index is 15.5. The lowest BCUT2D eigenvalue weighted by Crippen LogP contribution is -2.53. The van der Waals surface area contributed by atoms with Crippen molar-refractivity contribution in [1.82, 2.24) is 19.9 Å². The number of ether oxygens (including phenoxy) is 1. The highest BCUT2D eigenvalue weighted by Crippen LogP contribution is 2.32. The van der Waals surface area contributed by atoms with Crippen LogP contribution in [0.15, 0.2) is 96.2 Å². The number of methoxy groups -OCH3 is 1. The normalized spacial score (nSPS) is 17.4. The van der Waals surface area contributed by atoms with Gasteiger partial charge in [0.25, 0.3) is 0 Å². The summed E-state index contributed by atoms with van der Waals surface area (Å²) in [5.74, 6) is -2.81. The standard InChI is InChI=1S/C34H36ClF2N5O5S/c1-47-34(44)41-32(31(22-10-12-24(35)13-11-22)23-18-25(36)20-39-19-23)33(43)40-30-9-5-8-29(37)28(30)15-14-26-21-38-16-17-42(26)48(45,46)27-6-3-2-4-7-27/h2-13,18-20,26,31-32,34,38,41,44H,14-17,21H2,1H3,(H,40,43)/t26-,31-,32-,34?/m0/s1. The van der Waals surface area contributed by atoms with Crippen LogP contribution < -0.4 is 16.0 Å². The number of rotatable bonds is 13. The lowest BCUT2D eigenvalue weighted by Gasteiger charge is -2.35. The van der Waals surface area contributed by atoms with Crippen molar-refractivity contribution in [3.05, 3.63) is 125 Å². The molecule has 0 saturated carbocycles. The molecule has 0 aliphatic carbocycles. The zero-order valence-electron chi connectivity index (χ0n) is 26.0. The zero-order valence-corrected chi connectivity index (χ0v) is 27.6. The topological polar surface area (TPSA) is 133 Å². The highest BCUT2D eigenvalue weighted by molar-refractivity contribution is 7.89. The Bertz CT molecular complexity index is 1800. The maximum atomic E-state index is 15.5. The van der Waals surface area contributed by atoms with Crippen LogP contribution in [0.2, 0.25) is 5.02 Å². The largest absolute Gasteiger partial charge is 0.356 e. The number of hydrogen-bond acceptors (Lipinski definition) is 8. The quantitative estimate of drug-likeness (QED) is 0.152. The van der Waals surface area contributed by atoms with Gasteiger partial charge in [-0.15, -0.1) is 0 Å². The number of sulfonamides is 1. The number of aliphatic hydroxyl groups excluding tert-OH is 1. The Morgan fingerprint density at radius 1 is 1.08 bits per heavy atom. The van der Waals surface area contributed by atoms with E-state index in [4.69, 9.17) is 16.3 Å². The first kappa shape index (κ1) is 35.5. The summed E-state index contributed by atoms with van der Waals surface area (Å²) in [4.78, 5) is 18.2. The Kier molecular flexibility index (Phi) is 11.9. The van der Waals surface area contributed by atoms with E-state index in [2.05, 4.69) is 20.9 Å². The highest BCUT2D eigenvalue weighted by atomic mass is 35.5. The molecule has 0 bridgehead atoms. The summed E-state index contributed by atoms with van der Waals surface area (Å²) in [5, 5.41) is 19.6. The van der Waals surface area contributed by atoms with Crippen LogP contribution in [0.25, 0.3) is 0 Å². The van der Waals surface area contributed by atoms with E-state index in [-0.39, 0.29) is 35.5 Å². The predicted molar refractivity (Wildman–Crippen MR) is 178 cm³/mol. The predicted octanol–water partition coefficient (Wildman–Crippen LogP) is 4.26. The fourth-order valence-electron chi connectivity index (χ4n) is 5.87. The number of anilines is 1. The molecule has 4 atom stereocenters. The lowest BCUT2D eigenvalue weighted by molar-refractivity contribution is -0.129. The average molecular weight is 700 g/mol. The number of aromatic nitrogens is 1. The number of nitrogens with zero attached hydrogens (tertiary/aromatic N) is 2. The fourth-order valence-corrected chi connectivity index (χ4v) is 7.68. The number of carbonyl (C=O) groups excluding carboxylic acids is 1. The second-order valence-corrected chi connectivity index (χ2v) is 13.6. The molecule has 1 saturated heterocycles. The van der Waals surface area contributed by atoms with E-state index < -0.39 is 52.0 Å². The third-order valence-corrected chi connectivity index (χ3v) is 10.4. The molecule has 1 unspecified atom stereocenters. The molecule has 48 heavy (non-hydrogen) atoms. The minimum atomic E-state index is -3.80. The minimum Gasteiger partial charge on any atom is -0.356 e. The Morgan fingerprint density at radius 3 is 2.54 bits per heavy atom. The lowest BCUT2D eigenvalue weighted by atomic mass is 9.85. The van der Waals surface area contributed by atoms with Crippen molar-refractivity contribution >= 4 is 33.2 Å². The molecule has 254 valence electrons. The number of nitrogens with one attached hydrogen (secondary N) is 3. The van der Waals surface area contributed by atoms with Crippen molar-refractivity contribution in [2.45, 2.75) is 42.2 Å². The fraction of sp³-hybridized carbons (Fsp3) is 0.294. The molecule has 1 amide bonds. The molecule has 1 fully saturated rings. The first-order chi connectivity index (χ1) is 23.1. The van der Waals surface area contributed by atoms with Crippen molar-refractivity contribution in [3.8, 4) is 0 Å². The molecular formula is C34H36ClF2N5O5S. The van der Waals surface area contributed by atoms with Crippen molar-refractivity contribution < 1.29 is 31.8 Å². The number of amides is 1. The van der Waals surface area contributed by atoms with E-state index in [1.807, 2.05) is 0 Å². The second kappa shape index (κ2) is 16.1. The van der Waals surface area contributed by atoms with Gasteiger partial charge in [-0.3, -0.25) is 15.1 Å². The summed E-state index contributed by atoms with van der Waals surface area (Å²) in [6.07, 6.45) is 1.20. The molecule has 1 aromatic heterocycles. The number of carbonyl (C=O) groups is 1. The molecule has 1 aliphatic rings. The van der Waals surface area contributed by atoms with Crippen LogP contribution in [0.1, 0.15) is 29.0 Å². The number of piperazine rings is 1. The molecule has 14 heteroatoms. The Labute approximate surface area is 283 Å². The van der Waals surface area contributed by atoms with Crippen LogP contribution in [0.5, 0.6) is 0 Å². The van der Waals surface area contributed by atoms with E-state index in [9.17, 15) is 22.7 Å². The minimum absolute atomic E-state index is 0.0999. The molecular weight excluding hydrogens is 664 g/mol.